The monoisotopic (exact) mass is 475 g/mol. The first kappa shape index (κ1) is 25.2. The zero-order chi connectivity index (χ0) is 23.5. The summed E-state index contributed by atoms with van der Waals surface area (Å²) in [5.41, 5.74) is 0. The fraction of sp³-hybridized carbons (Fsp3) is 0.857. The molecule has 1 unspecified atom stereocenters. The van der Waals surface area contributed by atoms with Gasteiger partial charge in [-0.05, 0) is 38.9 Å². The molecule has 10 heteroatoms. The van der Waals surface area contributed by atoms with Crippen LogP contribution in [0.1, 0.15) is 51.4 Å². The van der Waals surface area contributed by atoms with Crippen molar-refractivity contribution in [2.75, 3.05) is 20.8 Å². The van der Waals surface area contributed by atoms with Crippen molar-refractivity contribution in [1.82, 2.24) is 4.98 Å². The van der Waals surface area contributed by atoms with Gasteiger partial charge in [-0.1, -0.05) is 20.8 Å². The van der Waals surface area contributed by atoms with Gasteiger partial charge in [-0.15, -0.1) is 11.3 Å². The Kier molecular flexibility index (Phi) is 6.59. The quantitative estimate of drug-likeness (QED) is 0.472. The Balaban J connectivity index is 1.88. The van der Waals surface area contributed by atoms with Crippen molar-refractivity contribution in [2.24, 2.45) is 0 Å². The van der Waals surface area contributed by atoms with E-state index in [1.54, 1.807) is 27.3 Å². The second kappa shape index (κ2) is 8.10. The highest BCUT2D eigenvalue weighted by atomic mass is 32.1. The Morgan fingerprint density at radius 3 is 2.29 bits per heavy atom. The number of aromatic nitrogens is 1. The molecule has 0 radical (unpaired) electrons. The SMILES string of the molecule is COC(C)(OC)c1ncc(C2(O)O[C@H](CO[Si](C)(C)C(C)(C)C)[C@H]3OC(C)(C)O[C@H]32)s1. The van der Waals surface area contributed by atoms with Crippen LogP contribution >= 0.6 is 11.3 Å². The van der Waals surface area contributed by atoms with Crippen molar-refractivity contribution in [1.29, 1.82) is 0 Å². The van der Waals surface area contributed by atoms with Crippen LogP contribution in [0.15, 0.2) is 6.20 Å². The Morgan fingerprint density at radius 1 is 1.13 bits per heavy atom. The molecule has 0 spiro atoms. The van der Waals surface area contributed by atoms with Crippen LogP contribution in [-0.4, -0.2) is 63.3 Å². The van der Waals surface area contributed by atoms with Crippen LogP contribution in [0.25, 0.3) is 0 Å². The second-order valence-corrected chi connectivity index (χ2v) is 16.2. The highest BCUT2D eigenvalue weighted by Crippen LogP contribution is 2.50. The lowest BCUT2D eigenvalue weighted by Gasteiger charge is -2.37. The third-order valence-corrected chi connectivity index (χ3v) is 12.4. The molecule has 4 atom stereocenters. The average molecular weight is 476 g/mol. The van der Waals surface area contributed by atoms with Crippen LogP contribution < -0.4 is 0 Å². The highest BCUT2D eigenvalue weighted by molar-refractivity contribution is 7.11. The minimum absolute atomic E-state index is 0.0605. The first-order valence-corrected chi connectivity index (χ1v) is 14.3. The van der Waals surface area contributed by atoms with Gasteiger partial charge in [0.2, 0.25) is 11.6 Å². The predicted molar refractivity (Wildman–Crippen MR) is 119 cm³/mol. The van der Waals surface area contributed by atoms with Gasteiger partial charge in [-0.3, -0.25) is 0 Å². The number of nitrogens with zero attached hydrogens (tertiary/aromatic N) is 1. The fourth-order valence-corrected chi connectivity index (χ4v) is 5.57. The van der Waals surface area contributed by atoms with Gasteiger partial charge < -0.3 is 33.2 Å². The van der Waals surface area contributed by atoms with Gasteiger partial charge in [0.15, 0.2) is 19.1 Å². The largest absolute Gasteiger partial charge is 0.414 e. The third kappa shape index (κ3) is 4.51. The molecule has 0 saturated carbocycles. The number of methoxy groups -OCH3 is 2. The summed E-state index contributed by atoms with van der Waals surface area (Å²) in [7, 11) is 1.09. The number of aliphatic hydroxyl groups is 1. The maximum atomic E-state index is 11.7. The minimum Gasteiger partial charge on any atom is -0.414 e. The van der Waals surface area contributed by atoms with Crippen molar-refractivity contribution in [2.45, 2.75) is 95.3 Å². The molecular formula is C21H37NO7SSi. The van der Waals surface area contributed by atoms with Gasteiger partial charge in [0.1, 0.15) is 18.3 Å². The third-order valence-electron chi connectivity index (χ3n) is 6.65. The molecule has 178 valence electrons. The van der Waals surface area contributed by atoms with Crippen LogP contribution in [-0.2, 0) is 39.7 Å². The summed E-state index contributed by atoms with van der Waals surface area (Å²) in [5.74, 6) is -3.57. The van der Waals surface area contributed by atoms with Crippen molar-refractivity contribution >= 4 is 19.7 Å². The average Bonchev–Trinajstić information content (AvgIpc) is 3.34. The molecule has 3 rings (SSSR count). The molecule has 1 N–H and O–H groups in total. The topological polar surface area (TPSA) is 88.5 Å². The van der Waals surface area contributed by atoms with E-state index < -0.39 is 44.0 Å². The first-order chi connectivity index (χ1) is 14.1. The Morgan fingerprint density at radius 2 is 1.74 bits per heavy atom. The maximum Gasteiger partial charge on any atom is 0.234 e. The summed E-state index contributed by atoms with van der Waals surface area (Å²) < 4.78 is 35.7. The summed E-state index contributed by atoms with van der Waals surface area (Å²) in [6, 6.07) is 0. The van der Waals surface area contributed by atoms with Crippen LogP contribution in [0.4, 0.5) is 0 Å². The Bertz CT molecular complexity index is 789. The summed E-state index contributed by atoms with van der Waals surface area (Å²) in [6.45, 7) is 16.7. The van der Waals surface area contributed by atoms with E-state index in [9.17, 15) is 5.11 Å². The fourth-order valence-electron chi connectivity index (χ4n) is 3.47. The number of ether oxygens (including phenoxy) is 5. The number of fused-ring (bicyclic) bond motifs is 1. The lowest BCUT2D eigenvalue weighted by molar-refractivity contribution is -0.281. The van der Waals surface area contributed by atoms with E-state index in [1.165, 1.54) is 11.3 Å². The van der Waals surface area contributed by atoms with E-state index in [0.29, 0.717) is 16.5 Å². The van der Waals surface area contributed by atoms with E-state index in [1.807, 2.05) is 13.8 Å². The van der Waals surface area contributed by atoms with Gasteiger partial charge in [-0.25, -0.2) is 4.98 Å². The van der Waals surface area contributed by atoms with Crippen LogP contribution in [0.5, 0.6) is 0 Å². The van der Waals surface area contributed by atoms with E-state index in [0.717, 1.165) is 0 Å². The summed E-state index contributed by atoms with van der Waals surface area (Å²) in [5, 5.41) is 12.3. The Hall–Kier alpha value is -0.433. The highest BCUT2D eigenvalue weighted by Gasteiger charge is 2.64. The van der Waals surface area contributed by atoms with Gasteiger partial charge in [0, 0.05) is 20.4 Å². The molecule has 3 heterocycles. The van der Waals surface area contributed by atoms with Crippen LogP contribution in [0.3, 0.4) is 0 Å². The molecule has 2 aliphatic heterocycles. The standard InChI is InChI=1S/C21H37NO7SSi/c1-18(2,3)31(9,10)26-12-13-15-16(29-19(4,5)28-15)21(23,27-13)14-11-22-17(30-14)20(6,24-7)25-8/h11,13,15-16,23H,12H2,1-10H3/t13-,15-,16-,21?/m1/s1. The molecule has 2 aliphatic rings. The molecule has 0 amide bonds. The molecule has 1 aromatic rings. The molecule has 0 aromatic carbocycles. The molecule has 2 saturated heterocycles. The number of rotatable bonds is 7. The first-order valence-electron chi connectivity index (χ1n) is 10.6. The molecule has 1 aromatic heterocycles. The van der Waals surface area contributed by atoms with Crippen molar-refractivity contribution in [3.63, 3.8) is 0 Å². The zero-order valence-electron chi connectivity index (χ0n) is 20.3. The molecule has 0 bridgehead atoms. The van der Waals surface area contributed by atoms with E-state index in [-0.39, 0.29) is 5.04 Å². The normalized spacial score (nSPS) is 31.3. The smallest absolute Gasteiger partial charge is 0.234 e. The summed E-state index contributed by atoms with van der Waals surface area (Å²) in [6.07, 6.45) is -0.0709. The van der Waals surface area contributed by atoms with E-state index in [2.05, 4.69) is 38.8 Å². The lowest BCUT2D eigenvalue weighted by atomic mass is 10.0. The van der Waals surface area contributed by atoms with E-state index in [4.69, 9.17) is 28.1 Å². The molecule has 2 fully saturated rings. The van der Waals surface area contributed by atoms with E-state index >= 15 is 0 Å². The van der Waals surface area contributed by atoms with Gasteiger partial charge in [0.25, 0.3) is 0 Å². The summed E-state index contributed by atoms with van der Waals surface area (Å²) in [4.78, 5) is 4.93. The zero-order valence-corrected chi connectivity index (χ0v) is 22.1. The van der Waals surface area contributed by atoms with Gasteiger partial charge in [-0.2, -0.15) is 0 Å². The molecule has 8 nitrogen and oxygen atoms in total. The van der Waals surface area contributed by atoms with Crippen molar-refractivity contribution < 1.29 is 33.2 Å². The Labute approximate surface area is 190 Å². The van der Waals surface area contributed by atoms with Crippen molar-refractivity contribution in [3.05, 3.63) is 16.1 Å². The van der Waals surface area contributed by atoms with Crippen LogP contribution in [0.2, 0.25) is 18.1 Å². The number of hydrogen-bond acceptors (Lipinski definition) is 9. The number of hydrogen-bond donors (Lipinski definition) is 1. The van der Waals surface area contributed by atoms with Gasteiger partial charge in [0.05, 0.1) is 11.5 Å². The number of thiazole rings is 1. The summed E-state index contributed by atoms with van der Waals surface area (Å²) >= 11 is 1.26. The maximum absolute atomic E-state index is 11.7. The van der Waals surface area contributed by atoms with Gasteiger partial charge >= 0.3 is 0 Å². The lowest BCUT2D eigenvalue weighted by Crippen LogP contribution is -2.44. The molecule has 0 aliphatic carbocycles. The minimum atomic E-state index is -2.01. The second-order valence-electron chi connectivity index (χ2n) is 10.3. The van der Waals surface area contributed by atoms with Crippen molar-refractivity contribution in [3.8, 4) is 0 Å². The van der Waals surface area contributed by atoms with Crippen LogP contribution in [0, 0.1) is 0 Å². The predicted octanol–water partition coefficient (Wildman–Crippen LogP) is 3.69. The molecule has 31 heavy (non-hydrogen) atoms. The molecular weight excluding hydrogens is 438 g/mol.